The number of halogens is 3. The SMILES string of the molecule is Cc1[nH]c(-c2cccc(Cl)c2)nc1C(C)Cl.Cl. The van der Waals surface area contributed by atoms with Gasteiger partial charge in [-0.2, -0.15) is 0 Å². The first-order valence-corrected chi connectivity index (χ1v) is 5.86. The fraction of sp³-hybridized carbons (Fsp3) is 0.250. The summed E-state index contributed by atoms with van der Waals surface area (Å²) in [5, 5.41) is 0.608. The van der Waals surface area contributed by atoms with Crippen molar-refractivity contribution in [2.24, 2.45) is 0 Å². The molecule has 0 spiro atoms. The van der Waals surface area contributed by atoms with Crippen molar-refractivity contribution in [1.82, 2.24) is 9.97 Å². The second-order valence-corrected chi connectivity index (χ2v) is 4.81. The molecule has 0 aliphatic carbocycles. The van der Waals surface area contributed by atoms with Crippen LogP contribution in [0.3, 0.4) is 0 Å². The van der Waals surface area contributed by atoms with E-state index in [2.05, 4.69) is 9.97 Å². The minimum absolute atomic E-state index is 0. The summed E-state index contributed by atoms with van der Waals surface area (Å²) in [6.07, 6.45) is 0. The van der Waals surface area contributed by atoms with Crippen LogP contribution in [0.4, 0.5) is 0 Å². The first kappa shape index (κ1) is 14.4. The van der Waals surface area contributed by atoms with Crippen LogP contribution in [-0.4, -0.2) is 9.97 Å². The van der Waals surface area contributed by atoms with Crippen molar-refractivity contribution in [2.45, 2.75) is 19.2 Å². The fourth-order valence-corrected chi connectivity index (χ4v) is 2.04. The van der Waals surface area contributed by atoms with Crippen molar-refractivity contribution < 1.29 is 0 Å². The van der Waals surface area contributed by atoms with Crippen molar-refractivity contribution in [3.8, 4) is 11.4 Å². The third-order valence-electron chi connectivity index (χ3n) is 2.40. The van der Waals surface area contributed by atoms with Crippen molar-refractivity contribution in [3.63, 3.8) is 0 Å². The molecule has 0 saturated heterocycles. The van der Waals surface area contributed by atoms with Crippen LogP contribution in [-0.2, 0) is 0 Å². The van der Waals surface area contributed by atoms with E-state index in [1.54, 1.807) is 0 Å². The van der Waals surface area contributed by atoms with Gasteiger partial charge in [0, 0.05) is 16.3 Å². The van der Waals surface area contributed by atoms with Crippen molar-refractivity contribution in [3.05, 3.63) is 40.7 Å². The molecule has 2 nitrogen and oxygen atoms in total. The van der Waals surface area contributed by atoms with Crippen molar-refractivity contribution >= 4 is 35.6 Å². The predicted molar refractivity (Wildman–Crippen MR) is 75.3 cm³/mol. The molecule has 1 heterocycles. The molecule has 0 bridgehead atoms. The summed E-state index contributed by atoms with van der Waals surface area (Å²) in [6, 6.07) is 7.58. The minimum atomic E-state index is -0.0933. The maximum atomic E-state index is 6.03. The molecule has 2 rings (SSSR count). The smallest absolute Gasteiger partial charge is 0.137 e. The van der Waals surface area contributed by atoms with E-state index in [1.807, 2.05) is 38.1 Å². The number of benzene rings is 1. The van der Waals surface area contributed by atoms with Gasteiger partial charge in [0.15, 0.2) is 0 Å². The Bertz CT molecular complexity index is 506. The van der Waals surface area contributed by atoms with E-state index in [-0.39, 0.29) is 17.8 Å². The number of aromatic amines is 1. The monoisotopic (exact) mass is 290 g/mol. The molecule has 1 atom stereocenters. The zero-order valence-electron chi connectivity index (χ0n) is 9.50. The maximum Gasteiger partial charge on any atom is 0.137 e. The second kappa shape index (κ2) is 5.76. The van der Waals surface area contributed by atoms with Crippen molar-refractivity contribution in [2.75, 3.05) is 0 Å². The Hall–Kier alpha value is -0.700. The topological polar surface area (TPSA) is 28.7 Å². The van der Waals surface area contributed by atoms with E-state index in [1.165, 1.54) is 0 Å². The lowest BCUT2D eigenvalue weighted by Gasteiger charge is -1.98. The molecule has 0 radical (unpaired) electrons. The van der Waals surface area contributed by atoms with Crippen LogP contribution in [0.25, 0.3) is 11.4 Å². The van der Waals surface area contributed by atoms with Gasteiger partial charge in [0.1, 0.15) is 5.82 Å². The molecule has 92 valence electrons. The number of aryl methyl sites for hydroxylation is 1. The normalized spacial score (nSPS) is 12.0. The highest BCUT2D eigenvalue weighted by molar-refractivity contribution is 6.30. The summed E-state index contributed by atoms with van der Waals surface area (Å²) < 4.78 is 0. The van der Waals surface area contributed by atoms with Crippen LogP contribution in [0.1, 0.15) is 23.7 Å². The van der Waals surface area contributed by atoms with Gasteiger partial charge in [-0.05, 0) is 26.0 Å². The summed E-state index contributed by atoms with van der Waals surface area (Å²) >= 11 is 12.0. The molecule has 0 fully saturated rings. The molecule has 1 aromatic carbocycles. The van der Waals surface area contributed by atoms with Gasteiger partial charge in [0.05, 0.1) is 11.1 Å². The maximum absolute atomic E-state index is 6.03. The number of hydrogen-bond donors (Lipinski definition) is 1. The molecule has 1 unspecified atom stereocenters. The zero-order chi connectivity index (χ0) is 11.7. The highest BCUT2D eigenvalue weighted by Crippen LogP contribution is 2.26. The Morgan fingerprint density at radius 3 is 2.59 bits per heavy atom. The third kappa shape index (κ3) is 3.15. The predicted octanol–water partition coefficient (Wildman–Crippen LogP) is 4.76. The first-order valence-electron chi connectivity index (χ1n) is 5.04. The van der Waals surface area contributed by atoms with Gasteiger partial charge in [0.25, 0.3) is 0 Å². The van der Waals surface area contributed by atoms with Gasteiger partial charge >= 0.3 is 0 Å². The second-order valence-electron chi connectivity index (χ2n) is 3.72. The highest BCUT2D eigenvalue weighted by atomic mass is 35.5. The zero-order valence-corrected chi connectivity index (χ0v) is 11.8. The molecule has 1 aromatic heterocycles. The van der Waals surface area contributed by atoms with Gasteiger partial charge in [-0.25, -0.2) is 4.98 Å². The Morgan fingerprint density at radius 2 is 2.06 bits per heavy atom. The van der Waals surface area contributed by atoms with Crippen LogP contribution in [0, 0.1) is 6.92 Å². The Morgan fingerprint density at radius 1 is 1.35 bits per heavy atom. The minimum Gasteiger partial charge on any atom is -0.342 e. The quantitative estimate of drug-likeness (QED) is 0.794. The molecule has 5 heteroatoms. The Balaban J connectivity index is 0.00000144. The van der Waals surface area contributed by atoms with Crippen LogP contribution < -0.4 is 0 Å². The average Bonchev–Trinajstić information content (AvgIpc) is 2.60. The van der Waals surface area contributed by atoms with E-state index in [0.29, 0.717) is 5.02 Å². The van der Waals surface area contributed by atoms with E-state index < -0.39 is 0 Å². The first-order chi connectivity index (χ1) is 7.58. The number of imidazole rings is 1. The molecule has 2 aromatic rings. The average molecular weight is 292 g/mol. The summed E-state index contributed by atoms with van der Waals surface area (Å²) in [5.41, 5.74) is 2.85. The third-order valence-corrected chi connectivity index (χ3v) is 2.84. The lowest BCUT2D eigenvalue weighted by Crippen LogP contribution is -1.87. The van der Waals surface area contributed by atoms with Crippen LogP contribution in [0.2, 0.25) is 5.02 Å². The summed E-state index contributed by atoms with van der Waals surface area (Å²) in [6.45, 7) is 3.88. The number of rotatable bonds is 2. The summed E-state index contributed by atoms with van der Waals surface area (Å²) in [4.78, 5) is 7.69. The summed E-state index contributed by atoms with van der Waals surface area (Å²) in [5.74, 6) is 0.808. The van der Waals surface area contributed by atoms with E-state index in [9.17, 15) is 0 Å². The van der Waals surface area contributed by atoms with Crippen LogP contribution in [0.5, 0.6) is 0 Å². The van der Waals surface area contributed by atoms with E-state index in [0.717, 1.165) is 22.8 Å². The molecule has 0 amide bonds. The van der Waals surface area contributed by atoms with Gasteiger partial charge in [-0.3, -0.25) is 0 Å². The Kier molecular flexibility index (Phi) is 4.87. The van der Waals surface area contributed by atoms with Crippen LogP contribution >= 0.6 is 35.6 Å². The molecule has 0 saturated carbocycles. The van der Waals surface area contributed by atoms with Gasteiger partial charge in [0.2, 0.25) is 0 Å². The number of nitrogens with one attached hydrogen (secondary N) is 1. The molecule has 17 heavy (non-hydrogen) atoms. The number of H-pyrrole nitrogens is 1. The van der Waals surface area contributed by atoms with E-state index >= 15 is 0 Å². The number of nitrogens with zero attached hydrogens (tertiary/aromatic N) is 1. The molecular formula is C12H13Cl3N2. The molecule has 0 aliphatic rings. The molecule has 0 aliphatic heterocycles. The molecular weight excluding hydrogens is 279 g/mol. The van der Waals surface area contributed by atoms with Gasteiger partial charge < -0.3 is 4.98 Å². The largest absolute Gasteiger partial charge is 0.342 e. The number of alkyl halides is 1. The lowest BCUT2D eigenvalue weighted by atomic mass is 10.2. The lowest BCUT2D eigenvalue weighted by molar-refractivity contribution is 0.998. The summed E-state index contributed by atoms with van der Waals surface area (Å²) in [7, 11) is 0. The number of aromatic nitrogens is 2. The van der Waals surface area contributed by atoms with Crippen LogP contribution in [0.15, 0.2) is 24.3 Å². The van der Waals surface area contributed by atoms with Crippen molar-refractivity contribution in [1.29, 1.82) is 0 Å². The highest BCUT2D eigenvalue weighted by Gasteiger charge is 2.12. The fourth-order valence-electron chi connectivity index (χ4n) is 1.63. The standard InChI is InChI=1S/C12H12Cl2N2.ClH/c1-7(13)11-8(2)15-12(16-11)9-4-3-5-10(14)6-9;/h3-7H,1-2H3,(H,15,16);1H. The van der Waals surface area contributed by atoms with Gasteiger partial charge in [-0.15, -0.1) is 24.0 Å². The Labute approximate surface area is 117 Å². The van der Waals surface area contributed by atoms with Gasteiger partial charge in [-0.1, -0.05) is 23.7 Å². The molecule has 1 N–H and O–H groups in total. The van der Waals surface area contributed by atoms with E-state index in [4.69, 9.17) is 23.2 Å². The number of hydrogen-bond acceptors (Lipinski definition) is 1.